The van der Waals surface area contributed by atoms with Gasteiger partial charge in [0.25, 0.3) is 0 Å². The van der Waals surface area contributed by atoms with Crippen molar-refractivity contribution in [3.05, 3.63) is 35.9 Å². The topological polar surface area (TPSA) is 107 Å². The molecule has 3 atom stereocenters. The number of rotatable bonds is 9. The number of hydrogen-bond donors (Lipinski definition) is 3. The largest absolute Gasteiger partial charge is 0.480 e. The molecule has 1 rings (SSSR count). The van der Waals surface area contributed by atoms with E-state index in [2.05, 4.69) is 5.32 Å². The Balaban J connectivity index is 2.65. The molecule has 1 aromatic rings. The van der Waals surface area contributed by atoms with Crippen molar-refractivity contribution < 1.29 is 24.6 Å². The Kier molecular flexibility index (Phi) is 7.38. The fourth-order valence-electron chi connectivity index (χ4n) is 2.27. The summed E-state index contributed by atoms with van der Waals surface area (Å²) in [6, 6.07) is 6.81. The van der Waals surface area contributed by atoms with E-state index in [0.717, 1.165) is 10.5 Å². The van der Waals surface area contributed by atoms with Crippen molar-refractivity contribution in [2.45, 2.75) is 44.8 Å². The Morgan fingerprint density at radius 2 is 1.67 bits per heavy atom. The van der Waals surface area contributed by atoms with Crippen LogP contribution in [-0.4, -0.2) is 58.1 Å². The molecule has 0 aliphatic rings. The summed E-state index contributed by atoms with van der Waals surface area (Å²) in [5, 5.41) is 21.1. The number of aliphatic carboxylic acids is 2. The third-order valence-electron chi connectivity index (χ3n) is 3.97. The molecular formula is C17H24N2O5. The number of carbonyl (C=O) groups is 3. The highest BCUT2D eigenvalue weighted by Crippen LogP contribution is 2.07. The minimum Gasteiger partial charge on any atom is -0.480 e. The quantitative estimate of drug-likeness (QED) is 0.621. The van der Waals surface area contributed by atoms with E-state index in [1.54, 1.807) is 0 Å². The van der Waals surface area contributed by atoms with Gasteiger partial charge in [-0.1, -0.05) is 30.3 Å². The Morgan fingerprint density at radius 1 is 1.08 bits per heavy atom. The third kappa shape index (κ3) is 5.66. The van der Waals surface area contributed by atoms with Crippen LogP contribution < -0.4 is 5.32 Å². The number of amides is 1. The lowest BCUT2D eigenvalue weighted by Crippen LogP contribution is -2.52. The first kappa shape index (κ1) is 19.6. The highest BCUT2D eigenvalue weighted by atomic mass is 16.4. The third-order valence-corrected chi connectivity index (χ3v) is 3.97. The molecule has 132 valence electrons. The summed E-state index contributed by atoms with van der Waals surface area (Å²) in [5.74, 6) is -2.62. The molecule has 0 fully saturated rings. The van der Waals surface area contributed by atoms with Crippen molar-refractivity contribution in [2.24, 2.45) is 0 Å². The van der Waals surface area contributed by atoms with Gasteiger partial charge in [-0.05, 0) is 32.3 Å². The van der Waals surface area contributed by atoms with Gasteiger partial charge in [0, 0.05) is 7.05 Å². The van der Waals surface area contributed by atoms with Crippen LogP contribution >= 0.6 is 0 Å². The second-order valence-electron chi connectivity index (χ2n) is 5.77. The van der Waals surface area contributed by atoms with Gasteiger partial charge in [0.2, 0.25) is 5.91 Å². The maximum Gasteiger partial charge on any atom is 0.326 e. The second kappa shape index (κ2) is 9.02. The van der Waals surface area contributed by atoms with E-state index in [4.69, 9.17) is 5.11 Å². The highest BCUT2D eigenvalue weighted by molar-refractivity contribution is 5.87. The zero-order valence-corrected chi connectivity index (χ0v) is 14.1. The van der Waals surface area contributed by atoms with Crippen LogP contribution in [0.15, 0.2) is 30.3 Å². The SMILES string of the molecule is C[C@H](NC(CCc1ccccc1)C(=O)O)C(=O)N(C)[C@@H](C)C(=O)O. The monoisotopic (exact) mass is 336 g/mol. The minimum atomic E-state index is -1.11. The average Bonchev–Trinajstić information content (AvgIpc) is 2.56. The maximum atomic E-state index is 12.2. The average molecular weight is 336 g/mol. The summed E-state index contributed by atoms with van der Waals surface area (Å²) in [7, 11) is 1.39. The molecule has 3 N–H and O–H groups in total. The number of carboxylic acids is 2. The van der Waals surface area contributed by atoms with Crippen molar-refractivity contribution >= 4 is 17.8 Å². The molecule has 0 bridgehead atoms. The molecule has 0 radical (unpaired) electrons. The molecule has 1 aromatic carbocycles. The van der Waals surface area contributed by atoms with Crippen LogP contribution in [-0.2, 0) is 20.8 Å². The van der Waals surface area contributed by atoms with Gasteiger partial charge in [-0.2, -0.15) is 0 Å². The molecule has 1 amide bonds. The first-order valence-electron chi connectivity index (χ1n) is 7.76. The lowest BCUT2D eigenvalue weighted by molar-refractivity contribution is -0.149. The van der Waals surface area contributed by atoms with Crippen LogP contribution in [0.5, 0.6) is 0 Å². The molecule has 1 unspecified atom stereocenters. The van der Waals surface area contributed by atoms with Crippen LogP contribution in [0.1, 0.15) is 25.8 Å². The number of likely N-dealkylation sites (N-methyl/N-ethyl adjacent to an activating group) is 1. The van der Waals surface area contributed by atoms with E-state index in [1.807, 2.05) is 30.3 Å². The van der Waals surface area contributed by atoms with Gasteiger partial charge >= 0.3 is 11.9 Å². The van der Waals surface area contributed by atoms with Gasteiger partial charge in [-0.25, -0.2) is 4.79 Å². The number of carboxylic acid groups (broad SMARTS) is 2. The van der Waals surface area contributed by atoms with E-state index in [0.29, 0.717) is 12.8 Å². The first-order chi connectivity index (χ1) is 11.2. The first-order valence-corrected chi connectivity index (χ1v) is 7.76. The molecule has 7 nitrogen and oxygen atoms in total. The lowest BCUT2D eigenvalue weighted by atomic mass is 10.0. The predicted molar refractivity (Wildman–Crippen MR) is 88.7 cm³/mol. The van der Waals surface area contributed by atoms with Gasteiger partial charge in [0.1, 0.15) is 12.1 Å². The fraction of sp³-hybridized carbons (Fsp3) is 0.471. The summed E-state index contributed by atoms with van der Waals surface area (Å²) in [5.41, 5.74) is 1.01. The predicted octanol–water partition coefficient (Wildman–Crippen LogP) is 0.982. The van der Waals surface area contributed by atoms with Gasteiger partial charge in [0.05, 0.1) is 6.04 Å². The Morgan fingerprint density at radius 3 is 2.17 bits per heavy atom. The zero-order valence-electron chi connectivity index (χ0n) is 14.1. The van der Waals surface area contributed by atoms with Gasteiger partial charge < -0.3 is 15.1 Å². The van der Waals surface area contributed by atoms with E-state index in [-0.39, 0.29) is 0 Å². The molecule has 7 heteroatoms. The smallest absolute Gasteiger partial charge is 0.326 e. The zero-order chi connectivity index (χ0) is 18.3. The van der Waals surface area contributed by atoms with E-state index in [9.17, 15) is 19.5 Å². The fourth-order valence-corrected chi connectivity index (χ4v) is 2.27. The van der Waals surface area contributed by atoms with Gasteiger partial charge in [-0.3, -0.25) is 14.9 Å². The Hall–Kier alpha value is -2.41. The number of carbonyl (C=O) groups excluding carboxylic acids is 1. The van der Waals surface area contributed by atoms with Crippen molar-refractivity contribution in [1.29, 1.82) is 0 Å². The molecule has 0 saturated carbocycles. The molecule has 0 aromatic heterocycles. The summed E-state index contributed by atoms with van der Waals surface area (Å²) in [6.07, 6.45) is 0.891. The van der Waals surface area contributed by atoms with Gasteiger partial charge in [-0.15, -0.1) is 0 Å². The highest BCUT2D eigenvalue weighted by Gasteiger charge is 2.28. The number of aryl methyl sites for hydroxylation is 1. The molecule has 0 saturated heterocycles. The van der Waals surface area contributed by atoms with Crippen molar-refractivity contribution in [1.82, 2.24) is 10.2 Å². The molecule has 0 aliphatic carbocycles. The standard InChI is InChI=1S/C17H24N2O5/c1-11(15(20)19(3)12(2)16(21)22)18-14(17(23)24)10-9-13-7-5-4-6-8-13/h4-8,11-12,14,18H,9-10H2,1-3H3,(H,21,22)(H,23,24)/t11-,12-,14?/m0/s1. The molecule has 0 heterocycles. The van der Waals surface area contributed by atoms with E-state index >= 15 is 0 Å². The van der Waals surface area contributed by atoms with Crippen LogP contribution in [0, 0.1) is 0 Å². The Labute approximate surface area is 141 Å². The number of nitrogens with one attached hydrogen (secondary N) is 1. The normalized spacial score (nSPS) is 14.5. The molecule has 24 heavy (non-hydrogen) atoms. The van der Waals surface area contributed by atoms with E-state index in [1.165, 1.54) is 20.9 Å². The summed E-state index contributed by atoms with van der Waals surface area (Å²) in [6.45, 7) is 2.93. The maximum absolute atomic E-state index is 12.2. The number of nitrogens with zero attached hydrogens (tertiary/aromatic N) is 1. The van der Waals surface area contributed by atoms with Crippen molar-refractivity contribution in [3.8, 4) is 0 Å². The van der Waals surface area contributed by atoms with Crippen LogP contribution in [0.3, 0.4) is 0 Å². The second-order valence-corrected chi connectivity index (χ2v) is 5.77. The van der Waals surface area contributed by atoms with Crippen LogP contribution in [0.25, 0.3) is 0 Å². The van der Waals surface area contributed by atoms with Crippen molar-refractivity contribution in [3.63, 3.8) is 0 Å². The summed E-state index contributed by atoms with van der Waals surface area (Å²) < 4.78 is 0. The molecular weight excluding hydrogens is 312 g/mol. The minimum absolute atomic E-state index is 0.329. The van der Waals surface area contributed by atoms with E-state index < -0.39 is 36.0 Å². The summed E-state index contributed by atoms with van der Waals surface area (Å²) in [4.78, 5) is 35.7. The van der Waals surface area contributed by atoms with Crippen LogP contribution in [0.2, 0.25) is 0 Å². The number of hydrogen-bond acceptors (Lipinski definition) is 4. The molecule has 0 spiro atoms. The lowest BCUT2D eigenvalue weighted by Gasteiger charge is -2.27. The van der Waals surface area contributed by atoms with Crippen molar-refractivity contribution in [2.75, 3.05) is 7.05 Å². The molecule has 0 aliphatic heterocycles. The summed E-state index contributed by atoms with van der Waals surface area (Å²) >= 11 is 0. The van der Waals surface area contributed by atoms with Gasteiger partial charge in [0.15, 0.2) is 0 Å². The Bertz CT molecular complexity index is 576. The number of benzene rings is 1. The van der Waals surface area contributed by atoms with Crippen LogP contribution in [0.4, 0.5) is 0 Å².